The zero-order valence-corrected chi connectivity index (χ0v) is 8.33. The van der Waals surface area contributed by atoms with Gasteiger partial charge in [0.1, 0.15) is 5.82 Å². The van der Waals surface area contributed by atoms with Crippen molar-refractivity contribution in [3.63, 3.8) is 0 Å². The zero-order valence-electron chi connectivity index (χ0n) is 8.33. The van der Waals surface area contributed by atoms with Crippen LogP contribution in [-0.2, 0) is 0 Å². The van der Waals surface area contributed by atoms with Crippen LogP contribution in [0.5, 0.6) is 0 Å². The molecule has 1 aliphatic carbocycles. The van der Waals surface area contributed by atoms with Gasteiger partial charge in [0.15, 0.2) is 0 Å². The summed E-state index contributed by atoms with van der Waals surface area (Å²) in [5, 5.41) is 2.78. The van der Waals surface area contributed by atoms with E-state index in [0.29, 0.717) is 11.9 Å². The number of anilines is 1. The van der Waals surface area contributed by atoms with Crippen molar-refractivity contribution in [2.45, 2.75) is 44.6 Å². The maximum atomic E-state index is 11.1. The van der Waals surface area contributed by atoms with E-state index in [9.17, 15) is 4.79 Å². The molecule has 4 nitrogen and oxygen atoms in total. The van der Waals surface area contributed by atoms with Crippen molar-refractivity contribution in [1.29, 1.82) is 0 Å². The first-order chi connectivity index (χ1) is 6.77. The zero-order chi connectivity index (χ0) is 9.97. The van der Waals surface area contributed by atoms with Crippen LogP contribution in [0, 0.1) is 0 Å². The second-order valence-corrected chi connectivity index (χ2v) is 4.06. The average Bonchev–Trinajstić information content (AvgIpc) is 2.43. The maximum Gasteiger partial charge on any atom is 0.266 e. The van der Waals surface area contributed by atoms with E-state index < -0.39 is 0 Å². The third-order valence-electron chi connectivity index (χ3n) is 2.98. The highest BCUT2D eigenvalue weighted by Crippen LogP contribution is 2.27. The fourth-order valence-corrected chi connectivity index (χ4v) is 2.24. The van der Waals surface area contributed by atoms with Crippen LogP contribution in [0.3, 0.4) is 0 Å². The van der Waals surface area contributed by atoms with Gasteiger partial charge in [0.2, 0.25) is 0 Å². The molecule has 0 bridgehead atoms. The molecule has 2 rings (SSSR count). The molecular weight excluding hydrogens is 178 g/mol. The molecule has 4 heteroatoms. The number of aromatic amines is 1. The molecule has 0 aromatic carbocycles. The summed E-state index contributed by atoms with van der Waals surface area (Å²) in [5.41, 5.74) is 5.66. The second kappa shape index (κ2) is 3.90. The molecule has 3 N–H and O–H groups in total. The van der Waals surface area contributed by atoms with Crippen LogP contribution in [0.1, 0.15) is 44.6 Å². The van der Waals surface area contributed by atoms with E-state index in [2.05, 4.69) is 5.10 Å². The molecule has 0 spiro atoms. The largest absolute Gasteiger partial charge is 0.384 e. The van der Waals surface area contributed by atoms with Crippen molar-refractivity contribution >= 4 is 5.82 Å². The lowest BCUT2D eigenvalue weighted by molar-refractivity contribution is 0.409. The van der Waals surface area contributed by atoms with Crippen LogP contribution in [-0.4, -0.2) is 9.78 Å². The average molecular weight is 195 g/mol. The molecule has 0 saturated heterocycles. The minimum atomic E-state index is -0.0910. The maximum absolute atomic E-state index is 11.1. The van der Waals surface area contributed by atoms with Gasteiger partial charge in [-0.3, -0.25) is 14.6 Å². The fourth-order valence-electron chi connectivity index (χ4n) is 2.24. The Morgan fingerprint density at radius 1 is 1.29 bits per heavy atom. The second-order valence-electron chi connectivity index (χ2n) is 4.06. The van der Waals surface area contributed by atoms with Crippen LogP contribution in [0.15, 0.2) is 10.9 Å². The molecule has 1 heterocycles. The summed E-state index contributed by atoms with van der Waals surface area (Å²) in [5.74, 6) is 0.571. The van der Waals surface area contributed by atoms with Crippen molar-refractivity contribution in [1.82, 2.24) is 9.78 Å². The summed E-state index contributed by atoms with van der Waals surface area (Å²) >= 11 is 0. The lowest BCUT2D eigenvalue weighted by atomic mass is 10.1. The van der Waals surface area contributed by atoms with E-state index in [4.69, 9.17) is 5.73 Å². The number of hydrogen-bond donors (Lipinski definition) is 2. The Morgan fingerprint density at radius 2 is 1.93 bits per heavy atom. The van der Waals surface area contributed by atoms with Crippen molar-refractivity contribution in [2.75, 3.05) is 5.73 Å². The minimum absolute atomic E-state index is 0.0910. The quantitative estimate of drug-likeness (QED) is 0.669. The topological polar surface area (TPSA) is 63.8 Å². The van der Waals surface area contributed by atoms with Crippen LogP contribution in [0.2, 0.25) is 0 Å². The molecule has 0 aliphatic heterocycles. The van der Waals surface area contributed by atoms with Gasteiger partial charge >= 0.3 is 0 Å². The van der Waals surface area contributed by atoms with E-state index in [0.717, 1.165) is 12.8 Å². The SMILES string of the molecule is Nc1cc(=O)[nH]n1C1CCCCCC1. The van der Waals surface area contributed by atoms with Gasteiger partial charge in [0.05, 0.1) is 6.04 Å². The van der Waals surface area contributed by atoms with Gasteiger partial charge in [-0.2, -0.15) is 0 Å². The molecular formula is C10H17N3O. The van der Waals surface area contributed by atoms with Crippen molar-refractivity contribution in [2.24, 2.45) is 0 Å². The third kappa shape index (κ3) is 1.84. The predicted octanol–water partition coefficient (Wildman–Crippen LogP) is 1.65. The highest BCUT2D eigenvalue weighted by Gasteiger charge is 2.16. The fraction of sp³-hybridized carbons (Fsp3) is 0.700. The lowest BCUT2D eigenvalue weighted by Crippen LogP contribution is -2.14. The van der Waals surface area contributed by atoms with Crippen molar-refractivity contribution in [3.05, 3.63) is 16.4 Å². The molecule has 1 aliphatic rings. The Bertz CT molecular complexity index is 344. The molecule has 1 aromatic rings. The number of nitrogen functional groups attached to an aromatic ring is 1. The van der Waals surface area contributed by atoms with E-state index >= 15 is 0 Å². The molecule has 0 unspecified atom stereocenters. The number of H-pyrrole nitrogens is 1. The highest BCUT2D eigenvalue weighted by molar-refractivity contribution is 5.26. The normalized spacial score (nSPS) is 19.4. The van der Waals surface area contributed by atoms with Gasteiger partial charge in [0.25, 0.3) is 5.56 Å². The molecule has 78 valence electrons. The summed E-state index contributed by atoms with van der Waals surface area (Å²) in [6, 6.07) is 1.87. The smallest absolute Gasteiger partial charge is 0.266 e. The van der Waals surface area contributed by atoms with Crippen LogP contribution in [0.4, 0.5) is 5.82 Å². The van der Waals surface area contributed by atoms with Gasteiger partial charge in [-0.15, -0.1) is 0 Å². The first-order valence-electron chi connectivity index (χ1n) is 5.34. The number of hydrogen-bond acceptors (Lipinski definition) is 2. The third-order valence-corrected chi connectivity index (χ3v) is 2.98. The molecule has 1 fully saturated rings. The first kappa shape index (κ1) is 9.37. The standard InChI is InChI=1S/C10H17N3O/c11-9-7-10(14)12-13(9)8-5-3-1-2-4-6-8/h7-8H,1-6,11H2,(H,12,14). The summed E-state index contributed by atoms with van der Waals surface area (Å²) in [6.45, 7) is 0. The molecule has 1 aromatic heterocycles. The molecule has 0 amide bonds. The lowest BCUT2D eigenvalue weighted by Gasteiger charge is -2.16. The number of nitrogens with zero attached hydrogens (tertiary/aromatic N) is 1. The van der Waals surface area contributed by atoms with Crippen LogP contribution >= 0.6 is 0 Å². The van der Waals surface area contributed by atoms with Gasteiger partial charge in [-0.25, -0.2) is 0 Å². The van der Waals surface area contributed by atoms with Crippen molar-refractivity contribution < 1.29 is 0 Å². The Morgan fingerprint density at radius 3 is 2.43 bits per heavy atom. The summed E-state index contributed by atoms with van der Waals surface area (Å²) < 4.78 is 1.84. The number of rotatable bonds is 1. The minimum Gasteiger partial charge on any atom is -0.384 e. The Hall–Kier alpha value is -1.19. The molecule has 1 saturated carbocycles. The first-order valence-corrected chi connectivity index (χ1v) is 5.34. The highest BCUT2D eigenvalue weighted by atomic mass is 16.1. The van der Waals surface area contributed by atoms with Gasteiger partial charge in [-0.1, -0.05) is 25.7 Å². The van der Waals surface area contributed by atoms with Crippen molar-refractivity contribution in [3.8, 4) is 0 Å². The molecule has 14 heavy (non-hydrogen) atoms. The van der Waals surface area contributed by atoms with E-state index in [1.165, 1.54) is 31.7 Å². The number of aromatic nitrogens is 2. The van der Waals surface area contributed by atoms with Crippen LogP contribution in [0.25, 0.3) is 0 Å². The summed E-state index contributed by atoms with van der Waals surface area (Å²) in [6.07, 6.45) is 7.36. The Labute approximate surface area is 83.1 Å². The van der Waals surface area contributed by atoms with E-state index in [1.807, 2.05) is 4.68 Å². The Kier molecular flexibility index (Phi) is 2.61. The van der Waals surface area contributed by atoms with E-state index in [1.54, 1.807) is 0 Å². The van der Waals surface area contributed by atoms with Gasteiger partial charge < -0.3 is 5.73 Å². The molecule has 0 atom stereocenters. The van der Waals surface area contributed by atoms with Gasteiger partial charge in [0, 0.05) is 6.07 Å². The van der Waals surface area contributed by atoms with Gasteiger partial charge in [-0.05, 0) is 12.8 Å². The van der Waals surface area contributed by atoms with E-state index in [-0.39, 0.29) is 5.56 Å². The summed E-state index contributed by atoms with van der Waals surface area (Å²) in [4.78, 5) is 11.1. The van der Waals surface area contributed by atoms with Crippen LogP contribution < -0.4 is 11.3 Å². The predicted molar refractivity (Wildman–Crippen MR) is 56.2 cm³/mol. The number of nitrogens with one attached hydrogen (secondary N) is 1. The monoisotopic (exact) mass is 195 g/mol. The number of nitrogens with two attached hydrogens (primary N) is 1. The Balaban J connectivity index is 2.20. The molecule has 0 radical (unpaired) electrons. The summed E-state index contributed by atoms with van der Waals surface area (Å²) in [7, 11) is 0.